The van der Waals surface area contributed by atoms with E-state index in [1.54, 1.807) is 7.11 Å². The van der Waals surface area contributed by atoms with Crippen LogP contribution >= 0.6 is 11.3 Å². The molecule has 98 valence electrons. The molecule has 0 atom stereocenters. The second-order valence-corrected chi connectivity index (χ2v) is 6.91. The molecule has 0 aromatic carbocycles. The van der Waals surface area contributed by atoms with E-state index in [0.29, 0.717) is 5.41 Å². The first kappa shape index (κ1) is 14.7. The first-order valence-corrected chi connectivity index (χ1v) is 7.02. The molecule has 0 amide bonds. The topological polar surface area (TPSA) is 21.3 Å². The van der Waals surface area contributed by atoms with Gasteiger partial charge in [0.15, 0.2) is 0 Å². The maximum Gasteiger partial charge on any atom is 0.0467 e. The Morgan fingerprint density at radius 2 is 2.06 bits per heavy atom. The van der Waals surface area contributed by atoms with Crippen molar-refractivity contribution < 1.29 is 4.74 Å². The second kappa shape index (κ2) is 6.53. The van der Waals surface area contributed by atoms with E-state index >= 15 is 0 Å². The van der Waals surface area contributed by atoms with E-state index in [9.17, 15) is 0 Å². The second-order valence-electron chi connectivity index (χ2n) is 5.45. The number of hydrogen-bond acceptors (Lipinski definition) is 3. The first-order chi connectivity index (χ1) is 7.94. The molecular formula is C14H25NOS. The molecule has 0 radical (unpaired) electrons. The highest BCUT2D eigenvalue weighted by molar-refractivity contribution is 7.12. The van der Waals surface area contributed by atoms with Gasteiger partial charge in [0.05, 0.1) is 0 Å². The number of methoxy groups -OCH3 is 1. The average molecular weight is 255 g/mol. The molecule has 17 heavy (non-hydrogen) atoms. The van der Waals surface area contributed by atoms with E-state index in [1.807, 2.05) is 11.3 Å². The maximum absolute atomic E-state index is 5.14. The number of aryl methyl sites for hydroxylation is 2. The molecular weight excluding hydrogens is 230 g/mol. The van der Waals surface area contributed by atoms with Crippen LogP contribution in [-0.2, 0) is 11.3 Å². The third-order valence-corrected chi connectivity index (χ3v) is 4.05. The molecule has 0 fully saturated rings. The number of ether oxygens (including phenoxy) is 1. The predicted octanol–water partition coefficient (Wildman–Crippen LogP) is 3.52. The third-order valence-electron chi connectivity index (χ3n) is 3.05. The van der Waals surface area contributed by atoms with Crippen molar-refractivity contribution in [3.8, 4) is 0 Å². The van der Waals surface area contributed by atoms with E-state index in [0.717, 1.165) is 26.1 Å². The smallest absolute Gasteiger partial charge is 0.0467 e. The highest BCUT2D eigenvalue weighted by Gasteiger charge is 2.17. The Bertz CT molecular complexity index is 344. The van der Waals surface area contributed by atoms with E-state index < -0.39 is 0 Å². The summed E-state index contributed by atoms with van der Waals surface area (Å²) in [6.07, 6.45) is 1.10. The SMILES string of the molecule is COCCC(C)(C)CNCc1cc(C)sc1C. The quantitative estimate of drug-likeness (QED) is 0.805. The van der Waals surface area contributed by atoms with Gasteiger partial charge in [0.1, 0.15) is 0 Å². The molecule has 1 aromatic rings. The zero-order chi connectivity index (χ0) is 12.9. The molecule has 0 aliphatic carbocycles. The lowest BCUT2D eigenvalue weighted by atomic mass is 9.89. The Morgan fingerprint density at radius 1 is 1.35 bits per heavy atom. The average Bonchev–Trinajstić information content (AvgIpc) is 2.55. The number of hydrogen-bond donors (Lipinski definition) is 1. The molecule has 1 aromatic heterocycles. The minimum absolute atomic E-state index is 0.301. The molecule has 0 unspecified atom stereocenters. The van der Waals surface area contributed by atoms with Crippen molar-refractivity contribution in [2.24, 2.45) is 5.41 Å². The summed E-state index contributed by atoms with van der Waals surface area (Å²) in [4.78, 5) is 2.84. The van der Waals surface area contributed by atoms with Crippen molar-refractivity contribution in [3.63, 3.8) is 0 Å². The molecule has 0 spiro atoms. The summed E-state index contributed by atoms with van der Waals surface area (Å²) in [5, 5.41) is 3.56. The van der Waals surface area contributed by atoms with Crippen LogP contribution in [0.25, 0.3) is 0 Å². The van der Waals surface area contributed by atoms with Crippen LogP contribution in [0, 0.1) is 19.3 Å². The Morgan fingerprint density at radius 3 is 2.59 bits per heavy atom. The Hall–Kier alpha value is -0.380. The molecule has 0 aliphatic rings. The largest absolute Gasteiger partial charge is 0.385 e. The van der Waals surface area contributed by atoms with Gasteiger partial charge in [-0.2, -0.15) is 0 Å². The predicted molar refractivity (Wildman–Crippen MR) is 75.8 cm³/mol. The lowest BCUT2D eigenvalue weighted by molar-refractivity contribution is 0.150. The van der Waals surface area contributed by atoms with Gasteiger partial charge in [-0.1, -0.05) is 13.8 Å². The summed E-state index contributed by atoms with van der Waals surface area (Å²) in [5.41, 5.74) is 1.74. The Balaban J connectivity index is 2.34. The van der Waals surface area contributed by atoms with E-state index in [4.69, 9.17) is 4.74 Å². The zero-order valence-corrected chi connectivity index (χ0v) is 12.5. The van der Waals surface area contributed by atoms with Crippen LogP contribution in [0.15, 0.2) is 6.07 Å². The highest BCUT2D eigenvalue weighted by Crippen LogP contribution is 2.22. The van der Waals surface area contributed by atoms with Crippen molar-refractivity contribution in [2.75, 3.05) is 20.3 Å². The van der Waals surface area contributed by atoms with Gasteiger partial charge in [0, 0.05) is 36.6 Å². The van der Waals surface area contributed by atoms with Gasteiger partial charge in [-0.05, 0) is 37.3 Å². The van der Waals surface area contributed by atoms with Gasteiger partial charge >= 0.3 is 0 Å². The fourth-order valence-corrected chi connectivity index (χ4v) is 2.81. The molecule has 0 aliphatic heterocycles. The molecule has 0 saturated heterocycles. The van der Waals surface area contributed by atoms with Crippen LogP contribution < -0.4 is 5.32 Å². The van der Waals surface area contributed by atoms with Crippen molar-refractivity contribution >= 4 is 11.3 Å². The van der Waals surface area contributed by atoms with Gasteiger partial charge in [0.2, 0.25) is 0 Å². The summed E-state index contributed by atoms with van der Waals surface area (Å²) in [6, 6.07) is 2.29. The maximum atomic E-state index is 5.14. The number of thiophene rings is 1. The van der Waals surface area contributed by atoms with Crippen molar-refractivity contribution in [1.29, 1.82) is 0 Å². The van der Waals surface area contributed by atoms with Gasteiger partial charge < -0.3 is 10.1 Å². The lowest BCUT2D eigenvalue weighted by Gasteiger charge is -2.24. The fourth-order valence-electron chi connectivity index (χ4n) is 1.86. The minimum Gasteiger partial charge on any atom is -0.385 e. The third kappa shape index (κ3) is 5.19. The van der Waals surface area contributed by atoms with E-state index in [1.165, 1.54) is 15.3 Å². The standard InChI is InChI=1S/C14H25NOS/c1-11-8-13(12(2)17-11)9-15-10-14(3,4)6-7-16-5/h8,15H,6-7,9-10H2,1-5H3. The van der Waals surface area contributed by atoms with Crippen molar-refractivity contribution in [3.05, 3.63) is 21.4 Å². The van der Waals surface area contributed by atoms with Crippen LogP contribution in [-0.4, -0.2) is 20.3 Å². The van der Waals surface area contributed by atoms with Crippen LogP contribution in [0.4, 0.5) is 0 Å². The van der Waals surface area contributed by atoms with Crippen molar-refractivity contribution in [2.45, 2.75) is 40.7 Å². The molecule has 1 rings (SSSR count). The molecule has 1 heterocycles. The molecule has 3 heteroatoms. The summed E-state index contributed by atoms with van der Waals surface area (Å²) < 4.78 is 5.14. The number of nitrogens with one attached hydrogen (secondary N) is 1. The van der Waals surface area contributed by atoms with E-state index in [2.05, 4.69) is 39.1 Å². The summed E-state index contributed by atoms with van der Waals surface area (Å²) >= 11 is 1.88. The van der Waals surface area contributed by atoms with Crippen LogP contribution in [0.2, 0.25) is 0 Å². The van der Waals surface area contributed by atoms with Gasteiger partial charge in [-0.25, -0.2) is 0 Å². The molecule has 1 N–H and O–H groups in total. The van der Waals surface area contributed by atoms with Gasteiger partial charge in [0.25, 0.3) is 0 Å². The zero-order valence-electron chi connectivity index (χ0n) is 11.7. The molecule has 2 nitrogen and oxygen atoms in total. The normalized spacial score (nSPS) is 12.1. The molecule has 0 bridgehead atoms. The Kier molecular flexibility index (Phi) is 5.63. The fraction of sp³-hybridized carbons (Fsp3) is 0.714. The van der Waals surface area contributed by atoms with Gasteiger partial charge in [-0.15, -0.1) is 11.3 Å². The van der Waals surface area contributed by atoms with Crippen LogP contribution in [0.3, 0.4) is 0 Å². The highest BCUT2D eigenvalue weighted by atomic mass is 32.1. The van der Waals surface area contributed by atoms with E-state index in [-0.39, 0.29) is 0 Å². The lowest BCUT2D eigenvalue weighted by Crippen LogP contribution is -2.30. The van der Waals surface area contributed by atoms with Gasteiger partial charge in [-0.3, -0.25) is 0 Å². The monoisotopic (exact) mass is 255 g/mol. The Labute approximate surface area is 109 Å². The minimum atomic E-state index is 0.301. The summed E-state index contributed by atoms with van der Waals surface area (Å²) in [5.74, 6) is 0. The van der Waals surface area contributed by atoms with Crippen molar-refractivity contribution in [1.82, 2.24) is 5.32 Å². The molecule has 0 saturated carbocycles. The first-order valence-electron chi connectivity index (χ1n) is 6.20. The summed E-state index contributed by atoms with van der Waals surface area (Å²) in [7, 11) is 1.76. The van der Waals surface area contributed by atoms with Crippen LogP contribution in [0.5, 0.6) is 0 Å². The number of rotatable bonds is 7. The summed E-state index contributed by atoms with van der Waals surface area (Å²) in [6.45, 7) is 11.8. The van der Waals surface area contributed by atoms with Crippen LogP contribution in [0.1, 0.15) is 35.6 Å².